The van der Waals surface area contributed by atoms with E-state index in [0.29, 0.717) is 29.1 Å². The molecule has 4 aromatic rings. The molecule has 0 bridgehead atoms. The Balaban J connectivity index is 1.48. The summed E-state index contributed by atoms with van der Waals surface area (Å²) < 4.78 is 0.758. The molecule has 0 aliphatic carbocycles. The monoisotopic (exact) mass is 433 g/mol. The van der Waals surface area contributed by atoms with Gasteiger partial charge < -0.3 is 16.0 Å². The summed E-state index contributed by atoms with van der Waals surface area (Å²) >= 11 is 3.36. The van der Waals surface area contributed by atoms with Crippen molar-refractivity contribution < 1.29 is 0 Å². The first-order chi connectivity index (χ1) is 13.7. The highest BCUT2D eigenvalue weighted by atomic mass is 79.9. The molecule has 0 atom stereocenters. The van der Waals surface area contributed by atoms with E-state index in [0.717, 1.165) is 10.4 Å². The van der Waals surface area contributed by atoms with Crippen LogP contribution in [0.25, 0.3) is 0 Å². The van der Waals surface area contributed by atoms with Crippen molar-refractivity contribution in [2.45, 2.75) is 0 Å². The maximum atomic E-state index is 4.56. The van der Waals surface area contributed by atoms with Crippen LogP contribution in [0.2, 0.25) is 0 Å². The van der Waals surface area contributed by atoms with Gasteiger partial charge in [0.25, 0.3) is 0 Å². The van der Waals surface area contributed by atoms with Gasteiger partial charge in [-0.1, -0.05) is 24.3 Å². The van der Waals surface area contributed by atoms with Crippen LogP contribution in [0.15, 0.2) is 83.6 Å². The number of nitrogens with zero attached hydrogens (tertiary/aromatic N) is 4. The number of hydrogen-bond acceptors (Lipinski definition) is 7. The molecule has 3 N–H and O–H groups in total. The summed E-state index contributed by atoms with van der Waals surface area (Å²) in [6.07, 6.45) is 1.73. The van der Waals surface area contributed by atoms with Crippen LogP contribution in [0.5, 0.6) is 0 Å². The van der Waals surface area contributed by atoms with Crippen LogP contribution in [0.1, 0.15) is 0 Å². The summed E-state index contributed by atoms with van der Waals surface area (Å²) in [5.41, 5.74) is 0. The first-order valence-electron chi connectivity index (χ1n) is 8.53. The molecular weight excluding hydrogens is 418 g/mol. The van der Waals surface area contributed by atoms with Gasteiger partial charge in [0.1, 0.15) is 39.5 Å². The van der Waals surface area contributed by atoms with Crippen molar-refractivity contribution in [1.82, 2.24) is 19.9 Å². The van der Waals surface area contributed by atoms with Gasteiger partial charge in [0.2, 0.25) is 0 Å². The second-order valence-corrected chi connectivity index (χ2v) is 6.56. The van der Waals surface area contributed by atoms with Gasteiger partial charge in [-0.15, -0.1) is 0 Å². The molecule has 138 valence electrons. The lowest BCUT2D eigenvalue weighted by Crippen LogP contribution is -2.01. The number of pyridine rings is 4. The van der Waals surface area contributed by atoms with E-state index in [2.05, 4.69) is 51.8 Å². The van der Waals surface area contributed by atoms with Crippen LogP contribution < -0.4 is 16.0 Å². The molecule has 4 aromatic heterocycles. The Bertz CT molecular complexity index is 1070. The van der Waals surface area contributed by atoms with E-state index in [1.54, 1.807) is 6.20 Å². The molecule has 28 heavy (non-hydrogen) atoms. The van der Waals surface area contributed by atoms with Crippen molar-refractivity contribution >= 4 is 50.8 Å². The Labute approximate surface area is 170 Å². The number of aromatic nitrogens is 4. The fourth-order valence-electron chi connectivity index (χ4n) is 2.46. The highest BCUT2D eigenvalue weighted by Crippen LogP contribution is 2.20. The standard InChI is InChI=1S/C20H16BrN7/c21-14-6-3-8-16(23-14)25-18-10-5-12-20(27-18)28-19-11-4-9-17(26-19)24-15-7-1-2-13-22-15/h1-13H,(H3,22,23,24,25,26,27,28). The lowest BCUT2D eigenvalue weighted by Gasteiger charge is -2.10. The van der Waals surface area contributed by atoms with Gasteiger partial charge in [0.05, 0.1) is 0 Å². The van der Waals surface area contributed by atoms with Gasteiger partial charge in [-0.25, -0.2) is 19.9 Å². The third kappa shape index (κ3) is 4.80. The third-order valence-corrected chi connectivity index (χ3v) is 4.09. The van der Waals surface area contributed by atoms with Crippen LogP contribution in [-0.4, -0.2) is 19.9 Å². The average Bonchev–Trinajstić information content (AvgIpc) is 2.69. The number of rotatable bonds is 6. The van der Waals surface area contributed by atoms with Gasteiger partial charge in [-0.2, -0.15) is 0 Å². The van der Waals surface area contributed by atoms with Crippen LogP contribution in [0.4, 0.5) is 34.9 Å². The van der Waals surface area contributed by atoms with Crippen LogP contribution in [-0.2, 0) is 0 Å². The van der Waals surface area contributed by atoms with Crippen molar-refractivity contribution in [3.8, 4) is 0 Å². The molecule has 0 radical (unpaired) electrons. The second-order valence-electron chi connectivity index (χ2n) is 5.75. The lowest BCUT2D eigenvalue weighted by atomic mass is 10.4. The van der Waals surface area contributed by atoms with Gasteiger partial charge in [-0.3, -0.25) is 0 Å². The summed E-state index contributed by atoms with van der Waals surface area (Å²) in [5.74, 6) is 4.15. The molecule has 0 aromatic carbocycles. The van der Waals surface area contributed by atoms with E-state index in [1.807, 2.05) is 72.8 Å². The Morgan fingerprint density at radius 3 is 1.46 bits per heavy atom. The first-order valence-corrected chi connectivity index (χ1v) is 9.33. The smallest absolute Gasteiger partial charge is 0.133 e. The van der Waals surface area contributed by atoms with E-state index in [-0.39, 0.29) is 0 Å². The zero-order valence-corrected chi connectivity index (χ0v) is 16.3. The van der Waals surface area contributed by atoms with E-state index in [9.17, 15) is 0 Å². The molecule has 8 heteroatoms. The number of anilines is 6. The van der Waals surface area contributed by atoms with E-state index in [4.69, 9.17) is 0 Å². The normalized spacial score (nSPS) is 10.3. The van der Waals surface area contributed by atoms with Crippen molar-refractivity contribution in [2.24, 2.45) is 0 Å². The molecule has 0 unspecified atom stereocenters. The first kappa shape index (κ1) is 17.9. The minimum atomic E-state index is 0.669. The number of halogens is 1. The van der Waals surface area contributed by atoms with E-state index in [1.165, 1.54) is 0 Å². The molecule has 0 amide bonds. The van der Waals surface area contributed by atoms with Crippen molar-refractivity contribution in [1.29, 1.82) is 0 Å². The zero-order chi connectivity index (χ0) is 19.2. The summed E-state index contributed by atoms with van der Waals surface area (Å²) in [5, 5.41) is 9.57. The highest BCUT2D eigenvalue weighted by molar-refractivity contribution is 9.10. The maximum Gasteiger partial charge on any atom is 0.133 e. The molecule has 0 aliphatic heterocycles. The van der Waals surface area contributed by atoms with E-state index < -0.39 is 0 Å². The number of hydrogen-bond donors (Lipinski definition) is 3. The van der Waals surface area contributed by atoms with Crippen LogP contribution in [0.3, 0.4) is 0 Å². The van der Waals surface area contributed by atoms with Crippen molar-refractivity contribution in [3.05, 3.63) is 83.6 Å². The maximum absolute atomic E-state index is 4.56. The molecular formula is C20H16BrN7. The molecule has 0 fully saturated rings. The highest BCUT2D eigenvalue weighted by Gasteiger charge is 2.03. The van der Waals surface area contributed by atoms with Gasteiger partial charge in [-0.05, 0) is 64.5 Å². The molecule has 4 rings (SSSR count). The lowest BCUT2D eigenvalue weighted by molar-refractivity contribution is 1.21. The Morgan fingerprint density at radius 2 is 0.964 bits per heavy atom. The summed E-state index contributed by atoms with van der Waals surface area (Å²) in [4.78, 5) is 17.7. The van der Waals surface area contributed by atoms with Crippen LogP contribution >= 0.6 is 15.9 Å². The van der Waals surface area contributed by atoms with Gasteiger partial charge in [0, 0.05) is 6.20 Å². The second kappa shape index (κ2) is 8.45. The fraction of sp³-hybridized carbons (Fsp3) is 0. The van der Waals surface area contributed by atoms with Crippen LogP contribution in [0, 0.1) is 0 Å². The molecule has 0 aliphatic rings. The predicted octanol–water partition coefficient (Wildman–Crippen LogP) is 5.26. The summed E-state index contributed by atoms with van der Waals surface area (Å²) in [6, 6.07) is 22.6. The predicted molar refractivity (Wildman–Crippen MR) is 114 cm³/mol. The SMILES string of the molecule is Brc1cccc(Nc2cccc(Nc3cccc(Nc4ccccn4)n3)n2)n1. The fourth-order valence-corrected chi connectivity index (χ4v) is 2.80. The summed E-state index contributed by atoms with van der Waals surface area (Å²) in [7, 11) is 0. The number of nitrogens with one attached hydrogen (secondary N) is 3. The third-order valence-electron chi connectivity index (χ3n) is 3.65. The molecule has 4 heterocycles. The molecule has 0 spiro atoms. The molecule has 0 saturated heterocycles. The van der Waals surface area contributed by atoms with Crippen molar-refractivity contribution in [3.63, 3.8) is 0 Å². The zero-order valence-electron chi connectivity index (χ0n) is 14.7. The minimum Gasteiger partial charge on any atom is -0.325 e. The largest absolute Gasteiger partial charge is 0.325 e. The molecule has 0 saturated carbocycles. The van der Waals surface area contributed by atoms with E-state index >= 15 is 0 Å². The average molecular weight is 434 g/mol. The van der Waals surface area contributed by atoms with Crippen molar-refractivity contribution in [2.75, 3.05) is 16.0 Å². The Kier molecular flexibility index (Phi) is 5.39. The Hall–Kier alpha value is -3.52. The minimum absolute atomic E-state index is 0.669. The summed E-state index contributed by atoms with van der Waals surface area (Å²) in [6.45, 7) is 0. The quantitative estimate of drug-likeness (QED) is 0.357. The van der Waals surface area contributed by atoms with Gasteiger partial charge in [0.15, 0.2) is 0 Å². The topological polar surface area (TPSA) is 87.6 Å². The van der Waals surface area contributed by atoms with Gasteiger partial charge >= 0.3 is 0 Å². The Morgan fingerprint density at radius 1 is 0.500 bits per heavy atom. The molecule has 7 nitrogen and oxygen atoms in total.